The lowest BCUT2D eigenvalue weighted by atomic mass is 9.89. The van der Waals surface area contributed by atoms with Crippen molar-refractivity contribution >= 4 is 17.5 Å². The van der Waals surface area contributed by atoms with Gasteiger partial charge in [-0.2, -0.15) is 0 Å². The number of hydrogen-bond acceptors (Lipinski definition) is 5. The molecule has 0 amide bonds. The number of aromatic nitrogens is 2. The maximum Gasteiger partial charge on any atom is 0.270 e. The fourth-order valence-electron chi connectivity index (χ4n) is 4.62. The van der Waals surface area contributed by atoms with Crippen molar-refractivity contribution in [3.05, 3.63) is 53.9 Å². The molecule has 5 nitrogen and oxygen atoms in total. The van der Waals surface area contributed by atoms with Gasteiger partial charge in [0, 0.05) is 50.4 Å². The lowest BCUT2D eigenvalue weighted by Gasteiger charge is -2.34. The van der Waals surface area contributed by atoms with Crippen molar-refractivity contribution < 1.29 is 13.2 Å². The third kappa shape index (κ3) is 5.60. The second-order valence-electron chi connectivity index (χ2n) is 9.67. The minimum atomic E-state index is -2.96. The highest BCUT2D eigenvalue weighted by Gasteiger charge is 2.35. The Morgan fingerprint density at radius 2 is 1.91 bits per heavy atom. The van der Waals surface area contributed by atoms with Crippen molar-refractivity contribution in [2.24, 2.45) is 0 Å². The lowest BCUT2D eigenvalue weighted by molar-refractivity contribution is 0.0174. The van der Waals surface area contributed by atoms with Gasteiger partial charge in [-0.1, -0.05) is 6.58 Å². The molecule has 2 aliphatic heterocycles. The molecule has 0 aliphatic carbocycles. The topological polar surface area (TPSA) is 44.3 Å². The standard InChI is InChI=1S/C25H32F3N5/c1-17(2)32-10-6-18(7-11-32)19-13-22(30-21-15-20(5-9-29-21)25(4,27)28)31-23(14-19)33-12-8-24(3,26)16-33/h5,9,13-15,18H,1,6-8,10-12,16H2,2-4H3,(H,29,30,31). The third-order valence-electron chi connectivity index (χ3n) is 6.61. The first-order valence-corrected chi connectivity index (χ1v) is 11.5. The van der Waals surface area contributed by atoms with Gasteiger partial charge in [0.1, 0.15) is 23.1 Å². The zero-order valence-electron chi connectivity index (χ0n) is 19.5. The Labute approximate surface area is 193 Å². The van der Waals surface area contributed by atoms with E-state index in [9.17, 15) is 13.2 Å². The van der Waals surface area contributed by atoms with E-state index in [1.807, 2.05) is 17.9 Å². The number of nitrogens with zero attached hydrogens (tertiary/aromatic N) is 4. The van der Waals surface area contributed by atoms with E-state index in [0.717, 1.165) is 44.1 Å². The van der Waals surface area contributed by atoms with Gasteiger partial charge in [-0.3, -0.25) is 0 Å². The average Bonchev–Trinajstić information content (AvgIpc) is 3.13. The van der Waals surface area contributed by atoms with Crippen LogP contribution in [0.3, 0.4) is 0 Å². The number of hydrogen-bond donors (Lipinski definition) is 1. The first-order chi connectivity index (χ1) is 15.5. The monoisotopic (exact) mass is 459 g/mol. The van der Waals surface area contributed by atoms with Crippen LogP contribution < -0.4 is 10.2 Å². The molecule has 0 bridgehead atoms. The molecule has 178 valence electrons. The molecular weight excluding hydrogens is 427 g/mol. The van der Waals surface area contributed by atoms with Crippen molar-refractivity contribution in [3.63, 3.8) is 0 Å². The Hall–Kier alpha value is -2.77. The van der Waals surface area contributed by atoms with Crippen LogP contribution in [0.4, 0.5) is 30.6 Å². The number of halogens is 3. The fraction of sp³-hybridized carbons (Fsp3) is 0.520. The SMILES string of the molecule is C=C(C)N1CCC(c2cc(Nc3cc(C(C)(F)F)ccn3)nc(N3CCC(C)(F)C3)c2)CC1. The summed E-state index contributed by atoms with van der Waals surface area (Å²) in [5, 5.41) is 3.11. The normalized spacial score (nSPS) is 22.0. The Morgan fingerprint density at radius 3 is 2.52 bits per heavy atom. The number of nitrogens with one attached hydrogen (secondary N) is 1. The van der Waals surface area contributed by atoms with E-state index in [1.54, 1.807) is 6.92 Å². The van der Waals surface area contributed by atoms with Gasteiger partial charge >= 0.3 is 0 Å². The van der Waals surface area contributed by atoms with Crippen LogP contribution in [0.2, 0.25) is 0 Å². The highest BCUT2D eigenvalue weighted by Crippen LogP contribution is 2.36. The van der Waals surface area contributed by atoms with Gasteiger partial charge in [-0.05, 0) is 62.4 Å². The maximum absolute atomic E-state index is 14.5. The van der Waals surface area contributed by atoms with Crippen molar-refractivity contribution in [3.8, 4) is 0 Å². The van der Waals surface area contributed by atoms with Crippen LogP contribution in [-0.2, 0) is 5.92 Å². The number of likely N-dealkylation sites (tertiary alicyclic amines) is 1. The molecule has 0 saturated carbocycles. The molecule has 4 heterocycles. The maximum atomic E-state index is 14.5. The Balaban J connectivity index is 1.63. The van der Waals surface area contributed by atoms with Crippen molar-refractivity contribution in [1.29, 1.82) is 0 Å². The predicted octanol–water partition coefficient (Wildman–Crippen LogP) is 5.98. The van der Waals surface area contributed by atoms with Crippen molar-refractivity contribution in [2.75, 3.05) is 36.4 Å². The lowest BCUT2D eigenvalue weighted by Crippen LogP contribution is -2.31. The molecule has 4 rings (SSSR count). The number of rotatable bonds is 6. The number of allylic oxidation sites excluding steroid dienone is 1. The van der Waals surface area contributed by atoms with E-state index in [0.29, 0.717) is 36.3 Å². The second-order valence-corrected chi connectivity index (χ2v) is 9.67. The van der Waals surface area contributed by atoms with Gasteiger partial charge in [0.25, 0.3) is 5.92 Å². The summed E-state index contributed by atoms with van der Waals surface area (Å²) in [6, 6.07) is 6.67. The summed E-state index contributed by atoms with van der Waals surface area (Å²) in [4.78, 5) is 13.1. The quantitative estimate of drug-likeness (QED) is 0.575. The summed E-state index contributed by atoms with van der Waals surface area (Å²) in [5.74, 6) is -1.09. The summed E-state index contributed by atoms with van der Waals surface area (Å²) < 4.78 is 42.1. The molecule has 1 atom stereocenters. The first-order valence-electron chi connectivity index (χ1n) is 11.5. The molecule has 33 heavy (non-hydrogen) atoms. The Bertz CT molecular complexity index is 1010. The Kier molecular flexibility index (Phi) is 6.29. The molecule has 2 saturated heterocycles. The van der Waals surface area contributed by atoms with Crippen molar-refractivity contribution in [2.45, 2.75) is 57.5 Å². The molecule has 0 aromatic carbocycles. The number of piperidine rings is 1. The highest BCUT2D eigenvalue weighted by molar-refractivity contribution is 5.59. The molecule has 2 aromatic heterocycles. The summed E-state index contributed by atoms with van der Waals surface area (Å²) >= 11 is 0. The van der Waals surface area contributed by atoms with E-state index < -0.39 is 11.6 Å². The van der Waals surface area contributed by atoms with Gasteiger partial charge in [0.2, 0.25) is 0 Å². The van der Waals surface area contributed by atoms with Crippen LogP contribution in [0.1, 0.15) is 57.1 Å². The predicted molar refractivity (Wildman–Crippen MR) is 126 cm³/mol. The second kappa shape index (κ2) is 8.88. The van der Waals surface area contributed by atoms with Gasteiger partial charge < -0.3 is 15.1 Å². The minimum Gasteiger partial charge on any atom is -0.375 e. The van der Waals surface area contributed by atoms with Crippen LogP contribution in [0.25, 0.3) is 0 Å². The van der Waals surface area contributed by atoms with Crippen LogP contribution >= 0.6 is 0 Å². The van der Waals surface area contributed by atoms with E-state index >= 15 is 0 Å². The summed E-state index contributed by atoms with van der Waals surface area (Å²) in [6.45, 7) is 11.3. The smallest absolute Gasteiger partial charge is 0.270 e. The average molecular weight is 460 g/mol. The van der Waals surface area contributed by atoms with E-state index in [1.165, 1.54) is 18.3 Å². The summed E-state index contributed by atoms with van der Waals surface area (Å²) in [5.41, 5.74) is 0.828. The summed E-state index contributed by atoms with van der Waals surface area (Å²) in [6.07, 6.45) is 3.77. The Morgan fingerprint density at radius 1 is 1.18 bits per heavy atom. The molecule has 0 radical (unpaired) electrons. The molecule has 1 unspecified atom stereocenters. The number of pyridine rings is 2. The highest BCUT2D eigenvalue weighted by atomic mass is 19.3. The van der Waals surface area contributed by atoms with E-state index in [2.05, 4.69) is 27.8 Å². The van der Waals surface area contributed by atoms with E-state index in [-0.39, 0.29) is 12.1 Å². The van der Waals surface area contributed by atoms with E-state index in [4.69, 9.17) is 4.98 Å². The summed E-state index contributed by atoms with van der Waals surface area (Å²) in [7, 11) is 0. The molecule has 1 N–H and O–H groups in total. The third-order valence-corrected chi connectivity index (χ3v) is 6.61. The van der Waals surface area contributed by atoms with Gasteiger partial charge in [-0.15, -0.1) is 0 Å². The fourth-order valence-corrected chi connectivity index (χ4v) is 4.62. The largest absolute Gasteiger partial charge is 0.375 e. The molecule has 2 fully saturated rings. The molecule has 0 spiro atoms. The van der Waals surface area contributed by atoms with Crippen LogP contribution in [0, 0.1) is 0 Å². The first kappa shape index (κ1) is 23.4. The minimum absolute atomic E-state index is 0.115. The zero-order chi connectivity index (χ0) is 23.8. The van der Waals surface area contributed by atoms with Gasteiger partial charge in [0.05, 0.1) is 6.54 Å². The zero-order valence-corrected chi connectivity index (χ0v) is 19.5. The van der Waals surface area contributed by atoms with Crippen LogP contribution in [-0.4, -0.2) is 46.7 Å². The van der Waals surface area contributed by atoms with Gasteiger partial charge in [0.15, 0.2) is 0 Å². The number of alkyl halides is 3. The van der Waals surface area contributed by atoms with Crippen LogP contribution in [0.5, 0.6) is 0 Å². The molecular formula is C25H32F3N5. The van der Waals surface area contributed by atoms with Gasteiger partial charge in [-0.25, -0.2) is 23.1 Å². The van der Waals surface area contributed by atoms with Crippen molar-refractivity contribution in [1.82, 2.24) is 14.9 Å². The molecule has 2 aromatic rings. The number of anilines is 3. The molecule has 8 heteroatoms. The molecule has 2 aliphatic rings. The van der Waals surface area contributed by atoms with Crippen LogP contribution in [0.15, 0.2) is 42.7 Å².